The van der Waals surface area contributed by atoms with Gasteiger partial charge in [0.2, 0.25) is 0 Å². The summed E-state index contributed by atoms with van der Waals surface area (Å²) >= 11 is 9.33. The zero-order chi connectivity index (χ0) is 14.1. The van der Waals surface area contributed by atoms with Gasteiger partial charge < -0.3 is 14.6 Å². The summed E-state index contributed by atoms with van der Waals surface area (Å²) in [7, 11) is 0. The maximum atomic E-state index is 10.5. The van der Waals surface area contributed by atoms with Crippen LogP contribution < -0.4 is 9.47 Å². The molecule has 0 saturated carbocycles. The summed E-state index contributed by atoms with van der Waals surface area (Å²) in [5.74, 6) is 1.35. The number of rotatable bonds is 2. The normalized spacial score (nSPS) is 14.9. The molecule has 0 radical (unpaired) electrons. The highest BCUT2D eigenvalue weighted by molar-refractivity contribution is 9.10. The van der Waals surface area contributed by atoms with Crippen molar-refractivity contribution in [1.29, 1.82) is 0 Å². The lowest BCUT2D eigenvalue weighted by Crippen LogP contribution is -2.16. The molecule has 2 aromatic rings. The Labute approximate surface area is 130 Å². The van der Waals surface area contributed by atoms with Crippen molar-refractivity contribution in [3.63, 3.8) is 0 Å². The van der Waals surface area contributed by atoms with E-state index >= 15 is 0 Å². The van der Waals surface area contributed by atoms with Gasteiger partial charge in [0.05, 0.1) is 0 Å². The molecule has 0 saturated heterocycles. The smallest absolute Gasteiger partial charge is 0.162 e. The number of hydrogen-bond donors (Lipinski definition) is 1. The summed E-state index contributed by atoms with van der Waals surface area (Å²) in [5.41, 5.74) is 1.50. The summed E-state index contributed by atoms with van der Waals surface area (Å²) < 4.78 is 11.8. The molecule has 0 fully saturated rings. The van der Waals surface area contributed by atoms with Crippen LogP contribution in [0.5, 0.6) is 11.5 Å². The summed E-state index contributed by atoms with van der Waals surface area (Å²) in [6.07, 6.45) is -0.752. The first-order chi connectivity index (χ1) is 9.65. The second kappa shape index (κ2) is 5.64. The molecule has 104 valence electrons. The molecular weight excluding hydrogens is 344 g/mol. The zero-order valence-corrected chi connectivity index (χ0v) is 12.8. The minimum absolute atomic E-state index is 0.519. The molecule has 1 aliphatic heterocycles. The number of ether oxygens (including phenoxy) is 2. The molecule has 1 atom stereocenters. The van der Waals surface area contributed by atoms with Gasteiger partial charge in [-0.15, -0.1) is 0 Å². The molecule has 3 nitrogen and oxygen atoms in total. The number of aliphatic hydroxyl groups excluding tert-OH is 1. The van der Waals surface area contributed by atoms with Crippen LogP contribution in [0.15, 0.2) is 40.9 Å². The van der Waals surface area contributed by atoms with Gasteiger partial charge in [-0.25, -0.2) is 0 Å². The van der Waals surface area contributed by atoms with Gasteiger partial charge in [-0.05, 0) is 29.8 Å². The van der Waals surface area contributed by atoms with Crippen LogP contribution in [-0.2, 0) is 0 Å². The van der Waals surface area contributed by atoms with Crippen LogP contribution in [0.3, 0.4) is 0 Å². The molecule has 3 rings (SSSR count). The second-order valence-corrected chi connectivity index (χ2v) is 5.76. The maximum Gasteiger partial charge on any atom is 0.162 e. The van der Waals surface area contributed by atoms with E-state index in [0.717, 1.165) is 15.6 Å². The average molecular weight is 356 g/mol. The molecule has 0 aliphatic carbocycles. The Morgan fingerprint density at radius 2 is 1.65 bits per heavy atom. The number of halogens is 2. The number of hydrogen-bond acceptors (Lipinski definition) is 3. The van der Waals surface area contributed by atoms with E-state index in [1.807, 2.05) is 6.07 Å². The number of benzene rings is 2. The summed E-state index contributed by atoms with van der Waals surface area (Å²) in [5, 5.41) is 11.1. The molecule has 20 heavy (non-hydrogen) atoms. The van der Waals surface area contributed by atoms with Gasteiger partial charge in [-0.1, -0.05) is 39.7 Å². The standard InChI is InChI=1S/C15H12BrClO3/c16-12-8-14-13(19-5-6-20-14)7-11(12)15(18)9-1-3-10(17)4-2-9/h1-4,7-8,15,18H,5-6H2. The highest BCUT2D eigenvalue weighted by Gasteiger charge is 2.20. The van der Waals surface area contributed by atoms with Crippen molar-refractivity contribution in [1.82, 2.24) is 0 Å². The van der Waals surface area contributed by atoms with Gasteiger partial charge in [0.1, 0.15) is 19.3 Å². The van der Waals surface area contributed by atoms with Crippen molar-refractivity contribution in [2.75, 3.05) is 13.2 Å². The third-order valence-corrected chi connectivity index (χ3v) is 4.08. The molecular formula is C15H12BrClO3. The van der Waals surface area contributed by atoms with Gasteiger partial charge in [0.25, 0.3) is 0 Å². The van der Waals surface area contributed by atoms with Crippen molar-refractivity contribution in [3.05, 3.63) is 57.0 Å². The third-order valence-electron chi connectivity index (χ3n) is 3.14. The van der Waals surface area contributed by atoms with Crippen LogP contribution >= 0.6 is 27.5 Å². The van der Waals surface area contributed by atoms with Crippen LogP contribution in [0.25, 0.3) is 0 Å². The minimum Gasteiger partial charge on any atom is -0.486 e. The van der Waals surface area contributed by atoms with E-state index in [-0.39, 0.29) is 0 Å². The molecule has 1 aliphatic rings. The predicted molar refractivity (Wildman–Crippen MR) is 80.6 cm³/mol. The monoisotopic (exact) mass is 354 g/mol. The van der Waals surface area contributed by atoms with Gasteiger partial charge in [0, 0.05) is 15.1 Å². The van der Waals surface area contributed by atoms with E-state index in [2.05, 4.69) is 15.9 Å². The molecule has 5 heteroatoms. The van der Waals surface area contributed by atoms with Crippen molar-refractivity contribution >= 4 is 27.5 Å². The van der Waals surface area contributed by atoms with Crippen LogP contribution in [0, 0.1) is 0 Å². The Bertz CT molecular complexity index is 628. The molecule has 1 N–H and O–H groups in total. The Morgan fingerprint density at radius 1 is 1.05 bits per heavy atom. The first-order valence-corrected chi connectivity index (χ1v) is 7.35. The Morgan fingerprint density at radius 3 is 2.30 bits per heavy atom. The molecule has 2 aromatic carbocycles. The van der Waals surface area contributed by atoms with Crippen molar-refractivity contribution in [3.8, 4) is 11.5 Å². The topological polar surface area (TPSA) is 38.7 Å². The largest absolute Gasteiger partial charge is 0.486 e. The fourth-order valence-electron chi connectivity index (χ4n) is 2.11. The number of fused-ring (bicyclic) bond motifs is 1. The fraction of sp³-hybridized carbons (Fsp3) is 0.200. The Kier molecular flexibility index (Phi) is 3.87. The highest BCUT2D eigenvalue weighted by atomic mass is 79.9. The van der Waals surface area contributed by atoms with Gasteiger partial charge >= 0.3 is 0 Å². The van der Waals surface area contributed by atoms with Crippen molar-refractivity contribution in [2.45, 2.75) is 6.10 Å². The lowest BCUT2D eigenvalue weighted by atomic mass is 10.0. The quantitative estimate of drug-likeness (QED) is 0.886. The van der Waals surface area contributed by atoms with Crippen LogP contribution in [0.2, 0.25) is 5.02 Å². The number of aliphatic hydroxyl groups is 1. The molecule has 1 heterocycles. The van der Waals surface area contributed by atoms with E-state index in [1.165, 1.54) is 0 Å². The lowest BCUT2D eigenvalue weighted by Gasteiger charge is -2.21. The van der Waals surface area contributed by atoms with E-state index < -0.39 is 6.10 Å². The molecule has 0 aromatic heterocycles. The molecule has 1 unspecified atom stereocenters. The van der Waals surface area contributed by atoms with E-state index in [4.69, 9.17) is 21.1 Å². The molecule has 0 amide bonds. The molecule has 0 spiro atoms. The Balaban J connectivity index is 1.98. The fourth-order valence-corrected chi connectivity index (χ4v) is 2.78. The van der Waals surface area contributed by atoms with E-state index in [0.29, 0.717) is 29.7 Å². The predicted octanol–water partition coefficient (Wildman–Crippen LogP) is 3.96. The highest BCUT2D eigenvalue weighted by Crippen LogP contribution is 2.39. The third kappa shape index (κ3) is 2.64. The van der Waals surface area contributed by atoms with Crippen molar-refractivity contribution in [2.24, 2.45) is 0 Å². The van der Waals surface area contributed by atoms with Crippen LogP contribution in [0.4, 0.5) is 0 Å². The van der Waals surface area contributed by atoms with Crippen LogP contribution in [-0.4, -0.2) is 18.3 Å². The Hall–Kier alpha value is -1.23. The summed E-state index contributed by atoms with van der Waals surface area (Å²) in [4.78, 5) is 0. The zero-order valence-electron chi connectivity index (χ0n) is 10.5. The summed E-state index contributed by atoms with van der Waals surface area (Å²) in [6.45, 7) is 1.06. The SMILES string of the molecule is OC(c1ccc(Cl)cc1)c1cc2c(cc1Br)OCCO2. The minimum atomic E-state index is -0.752. The van der Waals surface area contributed by atoms with Gasteiger partial charge in [0.15, 0.2) is 11.5 Å². The maximum absolute atomic E-state index is 10.5. The van der Waals surface area contributed by atoms with E-state index in [1.54, 1.807) is 30.3 Å². The van der Waals surface area contributed by atoms with E-state index in [9.17, 15) is 5.11 Å². The summed E-state index contributed by atoms with van der Waals surface area (Å²) in [6, 6.07) is 10.7. The lowest BCUT2D eigenvalue weighted by molar-refractivity contribution is 0.169. The second-order valence-electron chi connectivity index (χ2n) is 4.47. The molecule has 0 bridgehead atoms. The van der Waals surface area contributed by atoms with Gasteiger partial charge in [-0.2, -0.15) is 0 Å². The van der Waals surface area contributed by atoms with Gasteiger partial charge in [-0.3, -0.25) is 0 Å². The first-order valence-electron chi connectivity index (χ1n) is 6.18. The first kappa shape index (κ1) is 13.7. The van der Waals surface area contributed by atoms with Crippen LogP contribution in [0.1, 0.15) is 17.2 Å². The average Bonchev–Trinajstić information content (AvgIpc) is 2.46. The van der Waals surface area contributed by atoms with Crippen molar-refractivity contribution < 1.29 is 14.6 Å².